The summed E-state index contributed by atoms with van der Waals surface area (Å²) in [5.41, 5.74) is 0.0479. The van der Waals surface area contributed by atoms with Crippen LogP contribution < -0.4 is 14.4 Å². The van der Waals surface area contributed by atoms with Crippen molar-refractivity contribution in [1.82, 2.24) is 4.98 Å². The first-order valence-electron chi connectivity index (χ1n) is 8.10. The van der Waals surface area contributed by atoms with Gasteiger partial charge in [0.1, 0.15) is 17.6 Å². The Kier molecular flexibility index (Phi) is 4.42. The minimum absolute atomic E-state index is 0.248. The third kappa shape index (κ3) is 3.02. The summed E-state index contributed by atoms with van der Waals surface area (Å²) >= 11 is 0. The zero-order valence-corrected chi connectivity index (χ0v) is 15.1. The van der Waals surface area contributed by atoms with Gasteiger partial charge in [0, 0.05) is 17.7 Å². The van der Waals surface area contributed by atoms with E-state index in [9.17, 15) is 9.59 Å². The number of benzene rings is 1. The van der Waals surface area contributed by atoms with Gasteiger partial charge in [-0.25, -0.2) is 9.88 Å². The Balaban J connectivity index is 1.83. The maximum Gasteiger partial charge on any atom is 0.261 e. The van der Waals surface area contributed by atoms with Gasteiger partial charge in [0.25, 0.3) is 5.91 Å². The molecule has 2 amide bonds. The van der Waals surface area contributed by atoms with Crippen LogP contribution in [-0.4, -0.2) is 23.9 Å². The third-order valence-corrected chi connectivity index (χ3v) is 4.45. The summed E-state index contributed by atoms with van der Waals surface area (Å²) < 4.78 is 10.8. The maximum absolute atomic E-state index is 12.5. The Morgan fingerprint density at radius 2 is 1.96 bits per heavy atom. The Morgan fingerprint density at radius 3 is 2.48 bits per heavy atom. The van der Waals surface area contributed by atoms with Gasteiger partial charge in [0.15, 0.2) is 0 Å². The molecule has 7 nitrogen and oxygen atoms in total. The van der Waals surface area contributed by atoms with E-state index in [1.165, 1.54) is 13.3 Å². The summed E-state index contributed by atoms with van der Waals surface area (Å²) in [6.45, 7) is 7.06. The lowest BCUT2D eigenvalue weighted by Gasteiger charge is -2.17. The first-order valence-corrected chi connectivity index (χ1v) is 8.10. The van der Waals surface area contributed by atoms with Crippen LogP contribution in [0.3, 0.4) is 0 Å². The zero-order chi connectivity index (χ0) is 19.8. The third-order valence-electron chi connectivity index (χ3n) is 4.45. The topological polar surface area (TPSA) is 92.5 Å². The number of nitrogens with zero attached hydrogens (tertiary/aromatic N) is 3. The zero-order valence-electron chi connectivity index (χ0n) is 15.1. The van der Waals surface area contributed by atoms with Crippen LogP contribution in [0.4, 0.5) is 5.69 Å². The predicted molar refractivity (Wildman–Crippen MR) is 97.4 cm³/mol. The van der Waals surface area contributed by atoms with Gasteiger partial charge in [0.2, 0.25) is 11.8 Å². The van der Waals surface area contributed by atoms with Crippen molar-refractivity contribution in [2.75, 3.05) is 12.0 Å². The molecule has 1 saturated heterocycles. The van der Waals surface area contributed by atoms with Crippen LogP contribution in [0.2, 0.25) is 0 Å². The summed E-state index contributed by atoms with van der Waals surface area (Å²) in [5, 5.41) is 9.01. The molecular weight excluding hydrogens is 346 g/mol. The molecule has 1 aliphatic rings. The molecule has 0 atom stereocenters. The molecule has 0 N–H and O–H groups in total. The van der Waals surface area contributed by atoms with Gasteiger partial charge >= 0.3 is 0 Å². The van der Waals surface area contributed by atoms with E-state index < -0.39 is 11.3 Å². The van der Waals surface area contributed by atoms with Crippen LogP contribution in [0.25, 0.3) is 0 Å². The van der Waals surface area contributed by atoms with Gasteiger partial charge in [-0.2, -0.15) is 5.26 Å². The SMILES string of the molecule is C=C1C(=O)N(c2ccc(Oc3ccc(C#N)c(OC)c3)nc2)C(=O)C1(C)C. The number of methoxy groups -OCH3 is 1. The van der Waals surface area contributed by atoms with Crippen molar-refractivity contribution < 1.29 is 19.1 Å². The molecule has 0 spiro atoms. The first kappa shape index (κ1) is 18.1. The monoisotopic (exact) mass is 363 g/mol. The lowest BCUT2D eigenvalue weighted by molar-refractivity contribution is -0.124. The van der Waals surface area contributed by atoms with Crippen molar-refractivity contribution in [1.29, 1.82) is 5.26 Å². The number of imide groups is 1. The fourth-order valence-corrected chi connectivity index (χ4v) is 2.65. The number of nitriles is 1. The lowest BCUT2D eigenvalue weighted by atomic mass is 9.88. The first-order chi connectivity index (χ1) is 12.8. The summed E-state index contributed by atoms with van der Waals surface area (Å²) in [4.78, 5) is 30.1. The molecule has 0 unspecified atom stereocenters. The van der Waals surface area contributed by atoms with Gasteiger partial charge in [-0.05, 0) is 32.0 Å². The highest BCUT2D eigenvalue weighted by molar-refractivity contribution is 6.30. The van der Waals surface area contributed by atoms with Crippen LogP contribution in [0.15, 0.2) is 48.7 Å². The molecule has 1 fully saturated rings. The summed E-state index contributed by atoms with van der Waals surface area (Å²) in [5.74, 6) is 0.319. The molecule has 1 aromatic heterocycles. The molecule has 7 heteroatoms. The average molecular weight is 363 g/mol. The van der Waals surface area contributed by atoms with E-state index in [0.717, 1.165) is 4.90 Å². The van der Waals surface area contributed by atoms with Crippen molar-refractivity contribution >= 4 is 17.5 Å². The number of carbonyl (C=O) groups is 2. The summed E-state index contributed by atoms with van der Waals surface area (Å²) in [6.07, 6.45) is 1.39. The molecule has 0 bridgehead atoms. The van der Waals surface area contributed by atoms with Gasteiger partial charge in [0.05, 0.1) is 30.0 Å². The van der Waals surface area contributed by atoms with Gasteiger partial charge < -0.3 is 9.47 Å². The molecule has 136 valence electrons. The largest absolute Gasteiger partial charge is 0.495 e. The van der Waals surface area contributed by atoms with Crippen molar-refractivity contribution in [3.63, 3.8) is 0 Å². The Morgan fingerprint density at radius 1 is 1.22 bits per heavy atom. The van der Waals surface area contributed by atoms with Gasteiger partial charge in [-0.15, -0.1) is 0 Å². The highest BCUT2D eigenvalue weighted by atomic mass is 16.5. The number of amides is 2. The van der Waals surface area contributed by atoms with Crippen LogP contribution in [0.5, 0.6) is 17.4 Å². The molecule has 0 radical (unpaired) electrons. The van der Waals surface area contributed by atoms with E-state index in [4.69, 9.17) is 14.7 Å². The number of anilines is 1. The molecule has 0 aliphatic carbocycles. The second-order valence-electron chi connectivity index (χ2n) is 6.48. The maximum atomic E-state index is 12.5. The summed E-state index contributed by atoms with van der Waals surface area (Å²) in [6, 6.07) is 9.93. The number of pyridine rings is 1. The molecule has 2 aromatic rings. The minimum atomic E-state index is -0.939. The smallest absolute Gasteiger partial charge is 0.261 e. The Labute approximate surface area is 156 Å². The molecular formula is C20H17N3O4. The number of carbonyl (C=O) groups excluding carboxylic acids is 2. The number of aromatic nitrogens is 1. The predicted octanol–water partition coefficient (Wildman–Crippen LogP) is 3.21. The number of hydrogen-bond acceptors (Lipinski definition) is 6. The number of hydrogen-bond donors (Lipinski definition) is 0. The van der Waals surface area contributed by atoms with E-state index in [1.54, 1.807) is 44.2 Å². The lowest BCUT2D eigenvalue weighted by Crippen LogP contribution is -2.32. The average Bonchev–Trinajstić information content (AvgIpc) is 2.82. The van der Waals surface area contributed by atoms with Crippen molar-refractivity contribution in [2.24, 2.45) is 5.41 Å². The highest BCUT2D eigenvalue weighted by Crippen LogP contribution is 2.38. The standard InChI is InChI=1S/C20H17N3O4/c1-12-18(24)23(19(25)20(12,2)3)14-6-8-17(22-11-14)27-15-7-5-13(10-21)16(9-15)26-4/h5-9,11H,1H2,2-4H3. The van der Waals surface area contributed by atoms with Crippen molar-refractivity contribution in [2.45, 2.75) is 13.8 Å². The fourth-order valence-electron chi connectivity index (χ4n) is 2.65. The fraction of sp³-hybridized carbons (Fsp3) is 0.200. The molecule has 3 rings (SSSR count). The van der Waals surface area contributed by atoms with Gasteiger partial charge in [-0.1, -0.05) is 6.58 Å². The van der Waals surface area contributed by atoms with Crippen LogP contribution >= 0.6 is 0 Å². The second kappa shape index (κ2) is 6.57. The molecule has 0 saturated carbocycles. The summed E-state index contributed by atoms with van der Waals surface area (Å²) in [7, 11) is 1.46. The number of rotatable bonds is 4. The molecule has 1 aromatic carbocycles. The quantitative estimate of drug-likeness (QED) is 0.612. The highest BCUT2D eigenvalue weighted by Gasteiger charge is 2.49. The second-order valence-corrected chi connectivity index (χ2v) is 6.48. The Bertz CT molecular complexity index is 987. The van der Waals surface area contributed by atoms with E-state index in [-0.39, 0.29) is 17.4 Å². The minimum Gasteiger partial charge on any atom is -0.495 e. The van der Waals surface area contributed by atoms with Crippen LogP contribution in [0.1, 0.15) is 19.4 Å². The normalized spacial score (nSPS) is 15.6. The van der Waals surface area contributed by atoms with Crippen molar-refractivity contribution in [3.05, 3.63) is 54.2 Å². The number of ether oxygens (including phenoxy) is 2. The molecule has 27 heavy (non-hydrogen) atoms. The van der Waals surface area contributed by atoms with E-state index in [2.05, 4.69) is 11.6 Å². The van der Waals surface area contributed by atoms with E-state index in [1.807, 2.05) is 6.07 Å². The van der Waals surface area contributed by atoms with E-state index >= 15 is 0 Å². The van der Waals surface area contributed by atoms with Gasteiger partial charge in [-0.3, -0.25) is 9.59 Å². The van der Waals surface area contributed by atoms with E-state index in [0.29, 0.717) is 22.7 Å². The van der Waals surface area contributed by atoms with Crippen LogP contribution in [0, 0.1) is 16.7 Å². The van der Waals surface area contributed by atoms with Crippen molar-refractivity contribution in [3.8, 4) is 23.4 Å². The van der Waals surface area contributed by atoms with Crippen LogP contribution in [-0.2, 0) is 9.59 Å². The molecule has 1 aliphatic heterocycles. The molecule has 2 heterocycles. The Hall–Kier alpha value is -3.66.